The number of thioether (sulfide) groups is 1. The van der Waals surface area contributed by atoms with Gasteiger partial charge in [-0.25, -0.2) is 0 Å². The van der Waals surface area contributed by atoms with Crippen molar-refractivity contribution in [3.8, 4) is 5.88 Å². The summed E-state index contributed by atoms with van der Waals surface area (Å²) in [6, 6.07) is 0.106. The Kier molecular flexibility index (Phi) is 5.05. The lowest BCUT2D eigenvalue weighted by molar-refractivity contribution is 0.402. The van der Waals surface area contributed by atoms with E-state index in [-0.39, 0.29) is 17.5 Å². The molecule has 0 unspecified atom stereocenters. The SMILES string of the molecule is CCSc1nc(O)c(CC)c(=O)n1[C@H](C)CC. The van der Waals surface area contributed by atoms with Gasteiger partial charge in [0.05, 0.1) is 5.56 Å². The Labute approximate surface area is 106 Å². The van der Waals surface area contributed by atoms with Crippen molar-refractivity contribution in [1.82, 2.24) is 9.55 Å². The summed E-state index contributed by atoms with van der Waals surface area (Å²) in [5, 5.41) is 10.4. The second-order valence-corrected chi connectivity index (χ2v) is 5.15. The molecule has 0 aliphatic carbocycles. The summed E-state index contributed by atoms with van der Waals surface area (Å²) in [7, 11) is 0. The van der Waals surface area contributed by atoms with Gasteiger partial charge in [-0.1, -0.05) is 32.5 Å². The maximum atomic E-state index is 12.3. The molecule has 0 saturated heterocycles. The highest BCUT2D eigenvalue weighted by molar-refractivity contribution is 7.99. The summed E-state index contributed by atoms with van der Waals surface area (Å²) in [5.41, 5.74) is 0.302. The van der Waals surface area contributed by atoms with Gasteiger partial charge in [0, 0.05) is 6.04 Å². The average Bonchev–Trinajstić information content (AvgIpc) is 2.29. The van der Waals surface area contributed by atoms with Crippen molar-refractivity contribution in [3.05, 3.63) is 15.9 Å². The molecule has 0 aromatic carbocycles. The summed E-state index contributed by atoms with van der Waals surface area (Å²) in [4.78, 5) is 16.4. The molecule has 0 radical (unpaired) electrons. The van der Waals surface area contributed by atoms with Crippen LogP contribution in [0.15, 0.2) is 9.95 Å². The molecular formula is C12H20N2O2S. The number of hydrogen-bond donors (Lipinski definition) is 1. The molecule has 1 heterocycles. The first kappa shape index (κ1) is 14.1. The first-order valence-corrected chi connectivity index (χ1v) is 7.02. The monoisotopic (exact) mass is 256 g/mol. The van der Waals surface area contributed by atoms with Crippen LogP contribution in [0, 0.1) is 0 Å². The summed E-state index contributed by atoms with van der Waals surface area (Å²) in [6.07, 6.45) is 1.37. The smallest absolute Gasteiger partial charge is 0.261 e. The Balaban J connectivity index is 3.45. The molecule has 1 aromatic rings. The van der Waals surface area contributed by atoms with Gasteiger partial charge in [0.15, 0.2) is 5.16 Å². The Bertz CT molecular complexity index is 443. The van der Waals surface area contributed by atoms with Crippen LogP contribution in [-0.2, 0) is 6.42 Å². The van der Waals surface area contributed by atoms with Crippen molar-refractivity contribution in [3.63, 3.8) is 0 Å². The molecule has 0 bridgehead atoms. The molecule has 0 amide bonds. The van der Waals surface area contributed by atoms with Gasteiger partial charge >= 0.3 is 0 Å². The van der Waals surface area contributed by atoms with Crippen molar-refractivity contribution in [2.24, 2.45) is 0 Å². The van der Waals surface area contributed by atoms with E-state index in [0.29, 0.717) is 17.1 Å². The van der Waals surface area contributed by atoms with Crippen molar-refractivity contribution >= 4 is 11.8 Å². The van der Waals surface area contributed by atoms with E-state index in [1.807, 2.05) is 27.7 Å². The van der Waals surface area contributed by atoms with Crippen LogP contribution in [0.25, 0.3) is 0 Å². The number of rotatable bonds is 5. The zero-order chi connectivity index (χ0) is 13.0. The first-order valence-electron chi connectivity index (χ1n) is 6.03. The molecule has 1 atom stereocenters. The minimum absolute atomic E-state index is 0.106. The van der Waals surface area contributed by atoms with Crippen LogP contribution in [0.1, 0.15) is 45.7 Å². The maximum absolute atomic E-state index is 12.3. The van der Waals surface area contributed by atoms with Gasteiger partial charge < -0.3 is 5.11 Å². The molecule has 5 heteroatoms. The predicted molar refractivity (Wildman–Crippen MR) is 70.9 cm³/mol. The molecule has 1 N–H and O–H groups in total. The van der Waals surface area contributed by atoms with Crippen molar-refractivity contribution < 1.29 is 5.11 Å². The van der Waals surface area contributed by atoms with Crippen molar-refractivity contribution in [1.29, 1.82) is 0 Å². The minimum Gasteiger partial charge on any atom is -0.493 e. The standard InChI is InChI=1S/C12H20N2O2S/c1-5-8(4)14-11(16)9(6-2)10(15)13-12(14)17-7-3/h8,15H,5-7H2,1-4H3/t8-/m1/s1. The van der Waals surface area contributed by atoms with Crippen LogP contribution in [-0.4, -0.2) is 20.4 Å². The fraction of sp³-hybridized carbons (Fsp3) is 0.667. The zero-order valence-corrected chi connectivity index (χ0v) is 11.7. The normalized spacial score (nSPS) is 12.7. The van der Waals surface area contributed by atoms with Crippen molar-refractivity contribution in [2.75, 3.05) is 5.75 Å². The molecule has 0 fully saturated rings. The van der Waals surface area contributed by atoms with E-state index in [1.165, 1.54) is 11.8 Å². The van der Waals surface area contributed by atoms with Crippen LogP contribution in [0.4, 0.5) is 0 Å². The predicted octanol–water partition coefficient (Wildman–Crippen LogP) is 2.59. The van der Waals surface area contributed by atoms with Crippen molar-refractivity contribution in [2.45, 2.75) is 51.7 Å². The lowest BCUT2D eigenvalue weighted by Crippen LogP contribution is -2.28. The van der Waals surface area contributed by atoms with Gasteiger partial charge in [-0.3, -0.25) is 9.36 Å². The van der Waals surface area contributed by atoms with Crippen LogP contribution < -0.4 is 5.56 Å². The summed E-state index contributed by atoms with van der Waals surface area (Å²) >= 11 is 1.48. The Hall–Kier alpha value is -0.970. The molecule has 1 aromatic heterocycles. The molecule has 4 nitrogen and oxygen atoms in total. The number of aromatic nitrogens is 2. The number of aromatic hydroxyl groups is 1. The van der Waals surface area contributed by atoms with Gasteiger partial charge in [-0.05, 0) is 25.5 Å². The molecule has 0 spiro atoms. The van der Waals surface area contributed by atoms with E-state index < -0.39 is 0 Å². The molecule has 0 saturated carbocycles. The lowest BCUT2D eigenvalue weighted by Gasteiger charge is -2.18. The fourth-order valence-electron chi connectivity index (χ4n) is 1.65. The Morgan fingerprint density at radius 3 is 2.53 bits per heavy atom. The average molecular weight is 256 g/mol. The zero-order valence-electron chi connectivity index (χ0n) is 10.9. The molecule has 96 valence electrons. The molecule has 0 aliphatic heterocycles. The third-order valence-electron chi connectivity index (χ3n) is 2.81. The summed E-state index contributed by atoms with van der Waals surface area (Å²) in [6.45, 7) is 7.89. The van der Waals surface area contributed by atoms with Gasteiger partial charge in [-0.15, -0.1) is 0 Å². The van der Waals surface area contributed by atoms with Gasteiger partial charge in [0.2, 0.25) is 5.88 Å². The summed E-state index contributed by atoms with van der Waals surface area (Å²) in [5.74, 6) is 0.710. The van der Waals surface area contributed by atoms with Crippen LogP contribution >= 0.6 is 11.8 Å². The topological polar surface area (TPSA) is 55.1 Å². The van der Waals surface area contributed by atoms with Crippen LogP contribution in [0.5, 0.6) is 5.88 Å². The van der Waals surface area contributed by atoms with Gasteiger partial charge in [-0.2, -0.15) is 4.98 Å². The van der Waals surface area contributed by atoms with E-state index in [1.54, 1.807) is 4.57 Å². The quantitative estimate of drug-likeness (QED) is 0.650. The largest absolute Gasteiger partial charge is 0.493 e. The molecule has 17 heavy (non-hydrogen) atoms. The fourth-order valence-corrected chi connectivity index (χ4v) is 2.46. The van der Waals surface area contributed by atoms with Gasteiger partial charge in [0.1, 0.15) is 0 Å². The van der Waals surface area contributed by atoms with Crippen LogP contribution in [0.3, 0.4) is 0 Å². The highest BCUT2D eigenvalue weighted by atomic mass is 32.2. The van der Waals surface area contributed by atoms with E-state index in [4.69, 9.17) is 0 Å². The van der Waals surface area contributed by atoms with Crippen LogP contribution in [0.2, 0.25) is 0 Å². The summed E-state index contributed by atoms with van der Waals surface area (Å²) < 4.78 is 1.70. The molecule has 0 aliphatic rings. The van der Waals surface area contributed by atoms with E-state index >= 15 is 0 Å². The van der Waals surface area contributed by atoms with E-state index in [2.05, 4.69) is 4.98 Å². The second-order valence-electron chi connectivity index (χ2n) is 3.92. The highest BCUT2D eigenvalue weighted by Gasteiger charge is 2.17. The number of nitrogens with zero attached hydrogens (tertiary/aromatic N) is 2. The Morgan fingerprint density at radius 2 is 2.06 bits per heavy atom. The van der Waals surface area contributed by atoms with E-state index in [0.717, 1.165) is 12.2 Å². The first-order chi connectivity index (χ1) is 8.06. The highest BCUT2D eigenvalue weighted by Crippen LogP contribution is 2.23. The molecular weight excluding hydrogens is 236 g/mol. The number of hydrogen-bond acceptors (Lipinski definition) is 4. The third-order valence-corrected chi connectivity index (χ3v) is 3.65. The van der Waals surface area contributed by atoms with Gasteiger partial charge in [0.25, 0.3) is 5.56 Å². The second kappa shape index (κ2) is 6.10. The van der Waals surface area contributed by atoms with E-state index in [9.17, 15) is 9.90 Å². The third kappa shape index (κ3) is 2.83. The maximum Gasteiger partial charge on any atom is 0.261 e. The lowest BCUT2D eigenvalue weighted by atomic mass is 10.2. The minimum atomic E-state index is -0.118. The Morgan fingerprint density at radius 1 is 1.41 bits per heavy atom. The molecule has 1 rings (SSSR count).